The van der Waals surface area contributed by atoms with Crippen LogP contribution in [0.3, 0.4) is 0 Å². The highest BCUT2D eigenvalue weighted by Crippen LogP contribution is 2.46. The number of benzene rings is 3. The number of allylic oxidation sites excluding steroid dienone is 1. The van der Waals surface area contributed by atoms with Gasteiger partial charge >= 0.3 is 0 Å². The molecule has 1 aliphatic rings. The van der Waals surface area contributed by atoms with E-state index in [0.717, 1.165) is 21.9 Å². The molecule has 1 aliphatic heterocycles. The summed E-state index contributed by atoms with van der Waals surface area (Å²) in [6, 6.07) is 20.1. The van der Waals surface area contributed by atoms with Crippen molar-refractivity contribution in [2.24, 2.45) is 11.7 Å². The molecule has 0 saturated heterocycles. The first-order valence-corrected chi connectivity index (χ1v) is 10.5. The molecule has 0 fully saturated rings. The standard InChI is InChI=1S/C26H26N2O3/c1-4-29-23-13-18(10-12-22(23)30-15-16(2)3)24-20-11-9-17-7-5-6-8-19(17)25(20)31-26(28)21(24)14-27/h5-13,16,24H,4,15,28H2,1-3H3/t24-/m1/s1. The van der Waals surface area contributed by atoms with Crippen LogP contribution in [0.25, 0.3) is 10.8 Å². The second kappa shape index (κ2) is 8.61. The number of hydrogen-bond acceptors (Lipinski definition) is 5. The molecule has 31 heavy (non-hydrogen) atoms. The molecule has 1 atom stereocenters. The van der Waals surface area contributed by atoms with Gasteiger partial charge in [-0.3, -0.25) is 0 Å². The third-order valence-electron chi connectivity index (χ3n) is 5.28. The molecule has 0 spiro atoms. The molecule has 158 valence electrons. The highest BCUT2D eigenvalue weighted by molar-refractivity contribution is 5.91. The van der Waals surface area contributed by atoms with E-state index in [4.69, 9.17) is 19.9 Å². The first-order chi connectivity index (χ1) is 15.0. The van der Waals surface area contributed by atoms with Gasteiger partial charge in [0.05, 0.1) is 19.1 Å². The van der Waals surface area contributed by atoms with Gasteiger partial charge < -0.3 is 19.9 Å². The minimum atomic E-state index is -0.350. The van der Waals surface area contributed by atoms with Crippen molar-refractivity contribution in [1.82, 2.24) is 0 Å². The van der Waals surface area contributed by atoms with Gasteiger partial charge in [0, 0.05) is 10.9 Å². The molecule has 0 amide bonds. The molecule has 5 nitrogen and oxygen atoms in total. The van der Waals surface area contributed by atoms with Gasteiger partial charge in [-0.2, -0.15) is 5.26 Å². The van der Waals surface area contributed by atoms with Crippen molar-refractivity contribution >= 4 is 10.8 Å². The van der Waals surface area contributed by atoms with Gasteiger partial charge in [-0.05, 0) is 35.9 Å². The third-order valence-corrected chi connectivity index (χ3v) is 5.28. The smallest absolute Gasteiger partial charge is 0.205 e. The summed E-state index contributed by atoms with van der Waals surface area (Å²) in [5.74, 6) is 2.23. The van der Waals surface area contributed by atoms with Gasteiger partial charge in [0.2, 0.25) is 5.88 Å². The van der Waals surface area contributed by atoms with E-state index >= 15 is 0 Å². The SMILES string of the molecule is CCOc1cc([C@H]2C(C#N)=C(N)Oc3c2ccc2ccccc32)ccc1OCC(C)C. The first-order valence-electron chi connectivity index (χ1n) is 10.5. The Hall–Kier alpha value is -3.65. The minimum absolute atomic E-state index is 0.134. The van der Waals surface area contributed by atoms with Gasteiger partial charge in [0.1, 0.15) is 17.4 Å². The van der Waals surface area contributed by atoms with Crippen molar-refractivity contribution in [3.63, 3.8) is 0 Å². The van der Waals surface area contributed by atoms with E-state index in [9.17, 15) is 5.26 Å². The fourth-order valence-corrected chi connectivity index (χ4v) is 3.88. The van der Waals surface area contributed by atoms with E-state index in [1.54, 1.807) is 0 Å². The van der Waals surface area contributed by atoms with E-state index in [1.807, 2.05) is 61.5 Å². The Balaban J connectivity index is 1.85. The highest BCUT2D eigenvalue weighted by Gasteiger charge is 2.32. The summed E-state index contributed by atoms with van der Waals surface area (Å²) >= 11 is 0. The summed E-state index contributed by atoms with van der Waals surface area (Å²) < 4.78 is 17.8. The fourth-order valence-electron chi connectivity index (χ4n) is 3.88. The maximum Gasteiger partial charge on any atom is 0.205 e. The molecule has 3 aromatic rings. The molecule has 3 aromatic carbocycles. The van der Waals surface area contributed by atoms with Gasteiger partial charge in [0.15, 0.2) is 11.5 Å². The average molecular weight is 415 g/mol. The van der Waals surface area contributed by atoms with Crippen molar-refractivity contribution in [1.29, 1.82) is 5.26 Å². The van der Waals surface area contributed by atoms with Gasteiger partial charge in [-0.1, -0.05) is 56.3 Å². The van der Waals surface area contributed by atoms with Crippen LogP contribution in [0, 0.1) is 17.2 Å². The van der Waals surface area contributed by atoms with Crippen LogP contribution in [-0.2, 0) is 0 Å². The normalized spacial score (nSPS) is 15.4. The van der Waals surface area contributed by atoms with Gasteiger partial charge in [-0.15, -0.1) is 0 Å². The summed E-state index contributed by atoms with van der Waals surface area (Å²) in [7, 11) is 0. The Morgan fingerprint density at radius 3 is 2.61 bits per heavy atom. The number of hydrogen-bond donors (Lipinski definition) is 1. The Morgan fingerprint density at radius 2 is 1.87 bits per heavy atom. The van der Waals surface area contributed by atoms with Crippen molar-refractivity contribution in [3.05, 3.63) is 77.2 Å². The first kappa shape index (κ1) is 20.6. The number of rotatable bonds is 6. The topological polar surface area (TPSA) is 77.5 Å². The monoisotopic (exact) mass is 414 g/mol. The molecule has 0 radical (unpaired) electrons. The second-order valence-electron chi connectivity index (χ2n) is 7.97. The molecule has 0 aliphatic carbocycles. The molecular formula is C26H26N2O3. The summed E-state index contributed by atoms with van der Waals surface area (Å²) in [6.07, 6.45) is 0. The molecule has 0 bridgehead atoms. The lowest BCUT2D eigenvalue weighted by atomic mass is 9.82. The van der Waals surface area contributed by atoms with Crippen LogP contribution in [0.2, 0.25) is 0 Å². The van der Waals surface area contributed by atoms with Crippen LogP contribution in [0.5, 0.6) is 17.2 Å². The zero-order valence-corrected chi connectivity index (χ0v) is 18.0. The van der Waals surface area contributed by atoms with Crippen molar-refractivity contribution in [2.75, 3.05) is 13.2 Å². The average Bonchev–Trinajstić information content (AvgIpc) is 2.77. The zero-order valence-electron chi connectivity index (χ0n) is 18.0. The highest BCUT2D eigenvalue weighted by atomic mass is 16.5. The number of nitriles is 1. The van der Waals surface area contributed by atoms with Crippen molar-refractivity contribution in [3.8, 4) is 23.3 Å². The summed E-state index contributed by atoms with van der Waals surface area (Å²) in [4.78, 5) is 0. The lowest BCUT2D eigenvalue weighted by Gasteiger charge is -2.28. The zero-order chi connectivity index (χ0) is 22.0. The summed E-state index contributed by atoms with van der Waals surface area (Å²) in [5, 5.41) is 11.9. The minimum Gasteiger partial charge on any atom is -0.490 e. The van der Waals surface area contributed by atoms with E-state index in [1.165, 1.54) is 0 Å². The number of nitrogens with two attached hydrogens (primary N) is 1. The van der Waals surface area contributed by atoms with E-state index < -0.39 is 0 Å². The van der Waals surface area contributed by atoms with E-state index in [2.05, 4.69) is 19.9 Å². The lowest BCUT2D eigenvalue weighted by Crippen LogP contribution is -2.21. The molecule has 0 saturated carbocycles. The fraction of sp³-hybridized carbons (Fsp3) is 0.269. The van der Waals surface area contributed by atoms with E-state index in [0.29, 0.717) is 42.0 Å². The van der Waals surface area contributed by atoms with Crippen LogP contribution in [0.4, 0.5) is 0 Å². The Labute approximate surface area is 182 Å². The van der Waals surface area contributed by atoms with E-state index in [-0.39, 0.29) is 11.8 Å². The predicted molar refractivity (Wildman–Crippen MR) is 121 cm³/mol. The molecule has 4 rings (SSSR count). The summed E-state index contributed by atoms with van der Waals surface area (Å²) in [6.45, 7) is 7.25. The van der Waals surface area contributed by atoms with Crippen LogP contribution in [-0.4, -0.2) is 13.2 Å². The Morgan fingerprint density at radius 1 is 1.06 bits per heavy atom. The quantitative estimate of drug-likeness (QED) is 0.577. The van der Waals surface area contributed by atoms with Crippen LogP contribution in [0.15, 0.2) is 66.1 Å². The van der Waals surface area contributed by atoms with Crippen LogP contribution < -0.4 is 19.9 Å². The largest absolute Gasteiger partial charge is 0.490 e. The van der Waals surface area contributed by atoms with Crippen LogP contribution >= 0.6 is 0 Å². The third kappa shape index (κ3) is 3.89. The maximum absolute atomic E-state index is 9.88. The second-order valence-corrected chi connectivity index (χ2v) is 7.97. The molecule has 5 heteroatoms. The van der Waals surface area contributed by atoms with Gasteiger partial charge in [-0.25, -0.2) is 0 Å². The molecule has 1 heterocycles. The predicted octanol–water partition coefficient (Wildman–Crippen LogP) is 5.49. The van der Waals surface area contributed by atoms with Crippen molar-refractivity contribution < 1.29 is 14.2 Å². The molecule has 2 N–H and O–H groups in total. The lowest BCUT2D eigenvalue weighted by molar-refractivity contribution is 0.248. The van der Waals surface area contributed by atoms with Gasteiger partial charge in [0.25, 0.3) is 0 Å². The molecule has 0 unspecified atom stereocenters. The Kier molecular flexibility index (Phi) is 5.73. The van der Waals surface area contributed by atoms with Crippen LogP contribution in [0.1, 0.15) is 37.8 Å². The molecule has 0 aromatic heterocycles. The molecular weight excluding hydrogens is 388 g/mol. The number of nitrogens with zero attached hydrogens (tertiary/aromatic N) is 1. The summed E-state index contributed by atoms with van der Waals surface area (Å²) in [5.41, 5.74) is 8.41. The number of fused-ring (bicyclic) bond motifs is 3. The number of ether oxygens (including phenoxy) is 3. The maximum atomic E-state index is 9.88. The Bertz CT molecular complexity index is 1190. The van der Waals surface area contributed by atoms with Crippen molar-refractivity contribution in [2.45, 2.75) is 26.7 Å².